The van der Waals surface area contributed by atoms with Crippen LogP contribution in [0.1, 0.15) is 11.1 Å². The number of oxazole rings is 1. The summed E-state index contributed by atoms with van der Waals surface area (Å²) in [7, 11) is -2.13. The molecule has 2 N–H and O–H groups in total. The van der Waals surface area contributed by atoms with Crippen LogP contribution in [0.25, 0.3) is 11.1 Å². The third-order valence-electron chi connectivity index (χ3n) is 3.63. The first kappa shape index (κ1) is 16.3. The number of sulfonamides is 1. The Bertz CT molecular complexity index is 1050. The molecule has 2 aromatic carbocycles. The molecule has 8 heteroatoms. The number of ether oxygens (including phenoxy) is 1. The van der Waals surface area contributed by atoms with Crippen LogP contribution in [0.2, 0.25) is 0 Å². The molecule has 1 aromatic heterocycles. The zero-order chi connectivity index (χ0) is 17.3. The number of aryl methyl sites for hydroxylation is 1. The average Bonchev–Trinajstić information content (AvgIpc) is 2.92. The van der Waals surface area contributed by atoms with Crippen molar-refractivity contribution in [2.24, 2.45) is 0 Å². The molecule has 0 saturated carbocycles. The number of aromatic amines is 1. The highest BCUT2D eigenvalue weighted by Crippen LogP contribution is 2.21. The van der Waals surface area contributed by atoms with Crippen molar-refractivity contribution in [3.05, 3.63) is 58.1 Å². The maximum Gasteiger partial charge on any atom is 0.417 e. The molecule has 0 bridgehead atoms. The van der Waals surface area contributed by atoms with Gasteiger partial charge in [-0.1, -0.05) is 6.07 Å². The van der Waals surface area contributed by atoms with Crippen molar-refractivity contribution in [1.29, 1.82) is 0 Å². The molecule has 24 heavy (non-hydrogen) atoms. The van der Waals surface area contributed by atoms with Crippen molar-refractivity contribution in [3.63, 3.8) is 0 Å². The second-order valence-corrected chi connectivity index (χ2v) is 7.07. The Kier molecular flexibility index (Phi) is 4.16. The van der Waals surface area contributed by atoms with E-state index in [-0.39, 0.29) is 11.4 Å². The first-order valence-electron chi connectivity index (χ1n) is 7.15. The third-order valence-corrected chi connectivity index (χ3v) is 5.03. The van der Waals surface area contributed by atoms with E-state index in [0.717, 1.165) is 5.56 Å². The fourth-order valence-electron chi connectivity index (χ4n) is 2.38. The normalized spacial score (nSPS) is 11.8. The Morgan fingerprint density at radius 2 is 2.00 bits per heavy atom. The average molecular weight is 348 g/mol. The first-order chi connectivity index (χ1) is 11.4. The summed E-state index contributed by atoms with van der Waals surface area (Å²) in [6, 6.07) is 9.66. The second kappa shape index (κ2) is 6.14. The number of hydrogen-bond acceptors (Lipinski definition) is 5. The third kappa shape index (κ3) is 3.19. The standard InChI is InChI=1S/C16H16N2O5S/c1-10-7-12(4-6-14(10)22-2)24(20,21)17-9-11-3-5-13-15(8-11)23-16(19)18-13/h3-8,17H,9H2,1-2H3,(H,18,19). The van der Waals surface area contributed by atoms with Crippen molar-refractivity contribution in [2.75, 3.05) is 7.11 Å². The maximum atomic E-state index is 12.4. The Hall–Kier alpha value is -2.58. The summed E-state index contributed by atoms with van der Waals surface area (Å²) < 4.78 is 37.4. The molecule has 0 aliphatic heterocycles. The molecule has 3 rings (SSSR count). The molecule has 0 saturated heterocycles. The predicted octanol–water partition coefficient (Wildman–Crippen LogP) is 1.92. The maximum absolute atomic E-state index is 12.4. The number of H-pyrrole nitrogens is 1. The van der Waals surface area contributed by atoms with Crippen LogP contribution < -0.4 is 15.2 Å². The molecule has 0 aliphatic carbocycles. The summed E-state index contributed by atoms with van der Waals surface area (Å²) in [6.45, 7) is 1.86. The van der Waals surface area contributed by atoms with Gasteiger partial charge < -0.3 is 9.15 Å². The van der Waals surface area contributed by atoms with Gasteiger partial charge in [0.25, 0.3) is 0 Å². The van der Waals surface area contributed by atoms with Crippen molar-refractivity contribution in [3.8, 4) is 5.75 Å². The molecular formula is C16H16N2O5S. The van der Waals surface area contributed by atoms with Gasteiger partial charge >= 0.3 is 5.76 Å². The van der Waals surface area contributed by atoms with Gasteiger partial charge in [0.05, 0.1) is 17.5 Å². The van der Waals surface area contributed by atoms with Crippen LogP contribution in [0, 0.1) is 6.92 Å². The van der Waals surface area contributed by atoms with Crippen molar-refractivity contribution in [2.45, 2.75) is 18.4 Å². The van der Waals surface area contributed by atoms with E-state index in [1.54, 1.807) is 37.3 Å². The van der Waals surface area contributed by atoms with Gasteiger partial charge in [0.15, 0.2) is 5.58 Å². The van der Waals surface area contributed by atoms with E-state index in [4.69, 9.17) is 9.15 Å². The number of methoxy groups -OCH3 is 1. The Morgan fingerprint density at radius 3 is 2.71 bits per heavy atom. The SMILES string of the molecule is COc1ccc(S(=O)(=O)NCc2ccc3[nH]c(=O)oc3c2)cc1C. The molecule has 3 aromatic rings. The molecule has 1 heterocycles. The molecule has 0 unspecified atom stereocenters. The molecule has 7 nitrogen and oxygen atoms in total. The van der Waals surface area contributed by atoms with Crippen molar-refractivity contribution < 1.29 is 17.6 Å². The minimum atomic E-state index is -3.66. The highest BCUT2D eigenvalue weighted by Gasteiger charge is 2.15. The van der Waals surface area contributed by atoms with Crippen LogP contribution in [0.3, 0.4) is 0 Å². The number of fused-ring (bicyclic) bond motifs is 1. The number of benzene rings is 2. The minimum Gasteiger partial charge on any atom is -0.496 e. The highest BCUT2D eigenvalue weighted by molar-refractivity contribution is 7.89. The Morgan fingerprint density at radius 1 is 1.21 bits per heavy atom. The van der Waals surface area contributed by atoms with Crippen LogP contribution in [0.4, 0.5) is 0 Å². The van der Waals surface area contributed by atoms with Crippen LogP contribution >= 0.6 is 0 Å². The summed E-state index contributed by atoms with van der Waals surface area (Å²) in [6.07, 6.45) is 0. The van der Waals surface area contributed by atoms with Gasteiger partial charge in [0, 0.05) is 6.54 Å². The van der Waals surface area contributed by atoms with E-state index in [9.17, 15) is 13.2 Å². The molecule has 0 atom stereocenters. The smallest absolute Gasteiger partial charge is 0.417 e. The van der Waals surface area contributed by atoms with E-state index in [1.165, 1.54) is 13.2 Å². The summed E-state index contributed by atoms with van der Waals surface area (Å²) in [5.74, 6) is 0.0818. The van der Waals surface area contributed by atoms with Gasteiger partial charge in [0.1, 0.15) is 5.75 Å². The summed E-state index contributed by atoms with van der Waals surface area (Å²) in [5, 5.41) is 0. The van der Waals surface area contributed by atoms with Gasteiger partial charge in [-0.05, 0) is 48.4 Å². The number of aromatic nitrogens is 1. The lowest BCUT2D eigenvalue weighted by Gasteiger charge is -2.09. The van der Waals surface area contributed by atoms with Crippen LogP contribution in [0.15, 0.2) is 50.5 Å². The first-order valence-corrected chi connectivity index (χ1v) is 8.63. The van der Waals surface area contributed by atoms with Crippen LogP contribution in [-0.2, 0) is 16.6 Å². The molecule has 126 valence electrons. The van der Waals surface area contributed by atoms with Gasteiger partial charge in [0.2, 0.25) is 10.0 Å². The molecule has 0 aliphatic rings. The molecular weight excluding hydrogens is 332 g/mol. The predicted molar refractivity (Wildman–Crippen MR) is 88.6 cm³/mol. The van der Waals surface area contributed by atoms with Gasteiger partial charge in [-0.2, -0.15) is 0 Å². The van der Waals surface area contributed by atoms with Gasteiger partial charge in [-0.3, -0.25) is 4.98 Å². The summed E-state index contributed by atoms with van der Waals surface area (Å²) in [4.78, 5) is 13.8. The molecule has 0 radical (unpaired) electrons. The molecule has 0 spiro atoms. The van der Waals surface area contributed by atoms with E-state index in [1.807, 2.05) is 0 Å². The monoisotopic (exact) mass is 348 g/mol. The van der Waals surface area contributed by atoms with E-state index in [2.05, 4.69) is 9.71 Å². The lowest BCUT2D eigenvalue weighted by atomic mass is 10.2. The Labute approximate surface area is 138 Å². The highest BCUT2D eigenvalue weighted by atomic mass is 32.2. The molecule has 0 fully saturated rings. The Balaban J connectivity index is 1.80. The molecule has 0 amide bonds. The lowest BCUT2D eigenvalue weighted by Crippen LogP contribution is -2.23. The fourth-order valence-corrected chi connectivity index (χ4v) is 3.48. The van der Waals surface area contributed by atoms with Gasteiger partial charge in [-0.25, -0.2) is 17.9 Å². The fraction of sp³-hybridized carbons (Fsp3) is 0.188. The zero-order valence-corrected chi connectivity index (χ0v) is 13.9. The number of nitrogens with one attached hydrogen (secondary N) is 2. The quantitative estimate of drug-likeness (QED) is 0.733. The van der Waals surface area contributed by atoms with Gasteiger partial charge in [-0.15, -0.1) is 0 Å². The van der Waals surface area contributed by atoms with E-state index >= 15 is 0 Å². The van der Waals surface area contributed by atoms with Crippen LogP contribution in [-0.4, -0.2) is 20.5 Å². The zero-order valence-electron chi connectivity index (χ0n) is 13.1. The lowest BCUT2D eigenvalue weighted by molar-refractivity contribution is 0.411. The number of hydrogen-bond donors (Lipinski definition) is 2. The van der Waals surface area contributed by atoms with E-state index in [0.29, 0.717) is 22.4 Å². The number of rotatable bonds is 5. The topological polar surface area (TPSA) is 101 Å². The summed E-state index contributed by atoms with van der Waals surface area (Å²) in [5.41, 5.74) is 2.37. The van der Waals surface area contributed by atoms with Crippen LogP contribution in [0.5, 0.6) is 5.75 Å². The van der Waals surface area contributed by atoms with Crippen molar-refractivity contribution in [1.82, 2.24) is 9.71 Å². The minimum absolute atomic E-state index is 0.0816. The largest absolute Gasteiger partial charge is 0.496 e. The summed E-state index contributed by atoms with van der Waals surface area (Å²) >= 11 is 0. The second-order valence-electron chi connectivity index (χ2n) is 5.30. The van der Waals surface area contributed by atoms with E-state index < -0.39 is 15.8 Å². The van der Waals surface area contributed by atoms with Crippen molar-refractivity contribution >= 4 is 21.1 Å².